The Kier molecular flexibility index (Phi) is 4.96. The van der Waals surface area contributed by atoms with Crippen molar-refractivity contribution in [2.45, 2.75) is 0 Å². The summed E-state index contributed by atoms with van der Waals surface area (Å²) < 4.78 is 21.5. The summed E-state index contributed by atoms with van der Waals surface area (Å²) in [5.41, 5.74) is 4.00. The van der Waals surface area contributed by atoms with Crippen molar-refractivity contribution >= 4 is 45.3 Å². The number of aromatic nitrogens is 2. The van der Waals surface area contributed by atoms with Gasteiger partial charge in [-0.15, -0.1) is 0 Å². The van der Waals surface area contributed by atoms with Gasteiger partial charge in [0.25, 0.3) is 11.8 Å². The van der Waals surface area contributed by atoms with E-state index in [1.807, 2.05) is 24.3 Å². The van der Waals surface area contributed by atoms with Gasteiger partial charge < -0.3 is 29.6 Å². The lowest BCUT2D eigenvalue weighted by Crippen LogP contribution is -2.17. The smallest absolute Gasteiger partial charge is 0.255 e. The predicted molar refractivity (Wildman–Crippen MR) is 138 cm³/mol. The Morgan fingerprint density at radius 1 is 0.553 bits per heavy atom. The van der Waals surface area contributed by atoms with Crippen LogP contribution in [-0.2, 0) is 0 Å². The predicted octanol–water partition coefficient (Wildman–Crippen LogP) is 4.75. The Labute approximate surface area is 215 Å². The molecule has 2 aliphatic heterocycles. The Morgan fingerprint density at radius 3 is 1.47 bits per heavy atom. The van der Waals surface area contributed by atoms with Crippen LogP contribution in [0.1, 0.15) is 20.7 Å². The van der Waals surface area contributed by atoms with Gasteiger partial charge in [-0.3, -0.25) is 9.59 Å². The van der Waals surface area contributed by atoms with E-state index in [1.54, 1.807) is 48.5 Å². The van der Waals surface area contributed by atoms with E-state index in [2.05, 4.69) is 20.6 Å². The molecule has 0 saturated carbocycles. The number of hydrogen-bond donors (Lipinski definition) is 2. The van der Waals surface area contributed by atoms with Crippen LogP contribution in [0.5, 0.6) is 23.0 Å². The van der Waals surface area contributed by atoms with Gasteiger partial charge in [0.15, 0.2) is 23.0 Å². The normalized spacial score (nSPS) is 13.1. The summed E-state index contributed by atoms with van der Waals surface area (Å²) in [5, 5.41) is 5.79. The van der Waals surface area contributed by atoms with Crippen LogP contribution in [0.2, 0.25) is 0 Å². The van der Waals surface area contributed by atoms with Crippen molar-refractivity contribution in [3.05, 3.63) is 83.9 Å². The quantitative estimate of drug-likeness (QED) is 0.335. The van der Waals surface area contributed by atoms with Gasteiger partial charge in [-0.25, -0.2) is 9.97 Å². The molecule has 38 heavy (non-hydrogen) atoms. The molecule has 0 aliphatic carbocycles. The van der Waals surface area contributed by atoms with E-state index in [9.17, 15) is 9.59 Å². The van der Waals surface area contributed by atoms with Crippen molar-refractivity contribution in [3.8, 4) is 23.0 Å². The number of benzene rings is 4. The maximum atomic E-state index is 13.2. The Hall–Kier alpha value is -5.38. The maximum absolute atomic E-state index is 13.2. The number of ether oxygens (including phenoxy) is 4. The number of carbonyl (C=O) groups excluding carboxylic acids is 2. The summed E-state index contributed by atoms with van der Waals surface area (Å²) in [5.74, 6) is 1.34. The molecule has 0 spiro atoms. The standard InChI is InChI=1S/C28H18N4O6/c33-27(15-5-7-23-25(9-15)37-13-35-23)31-21-11-19-20(30-18-4-2-1-3-17(18)29-19)12-22(21)32-28(34)16-6-8-24-26(10-16)38-14-36-24/h1-12H,13-14H2,(H,31,33)(H,32,34). The van der Waals surface area contributed by atoms with Gasteiger partial charge in [0.1, 0.15) is 0 Å². The molecular formula is C28H18N4O6. The van der Waals surface area contributed by atoms with E-state index < -0.39 is 11.8 Å². The summed E-state index contributed by atoms with van der Waals surface area (Å²) in [6.07, 6.45) is 0. The molecular weight excluding hydrogens is 488 g/mol. The van der Waals surface area contributed by atoms with Crippen molar-refractivity contribution in [2.75, 3.05) is 24.2 Å². The van der Waals surface area contributed by atoms with E-state index in [4.69, 9.17) is 18.9 Å². The number of nitrogens with zero attached hydrogens (tertiary/aromatic N) is 2. The van der Waals surface area contributed by atoms with Crippen LogP contribution >= 0.6 is 0 Å². The molecule has 0 radical (unpaired) electrons. The number of rotatable bonds is 4. The van der Waals surface area contributed by atoms with Crippen LogP contribution in [0.15, 0.2) is 72.8 Å². The molecule has 3 heterocycles. The zero-order valence-corrected chi connectivity index (χ0v) is 19.7. The molecule has 1 aromatic heterocycles. The van der Waals surface area contributed by atoms with Gasteiger partial charge in [0, 0.05) is 11.1 Å². The fourth-order valence-corrected chi connectivity index (χ4v) is 4.34. The summed E-state index contributed by atoms with van der Waals surface area (Å²) in [6.45, 7) is 0.210. The molecule has 7 rings (SSSR count). The first-order valence-corrected chi connectivity index (χ1v) is 11.7. The molecule has 0 atom stereocenters. The van der Waals surface area contributed by atoms with Gasteiger partial charge in [0.2, 0.25) is 13.6 Å². The first-order chi connectivity index (χ1) is 18.6. The summed E-state index contributed by atoms with van der Waals surface area (Å²) in [6, 6.07) is 20.7. The molecule has 2 aliphatic rings. The highest BCUT2D eigenvalue weighted by atomic mass is 16.7. The number of hydrogen-bond acceptors (Lipinski definition) is 8. The van der Waals surface area contributed by atoms with E-state index >= 15 is 0 Å². The number of amides is 2. The van der Waals surface area contributed by atoms with Crippen LogP contribution in [0, 0.1) is 0 Å². The lowest BCUT2D eigenvalue weighted by molar-refractivity contribution is 0.101. The highest BCUT2D eigenvalue weighted by Crippen LogP contribution is 2.35. The number of para-hydroxylation sites is 2. The SMILES string of the molecule is O=C(Nc1cc2nc3ccccc3nc2cc1NC(=O)c1ccc2c(c1)OCO2)c1ccc2c(c1)OCO2. The average Bonchev–Trinajstić information content (AvgIpc) is 3.60. The van der Waals surface area contributed by atoms with Gasteiger partial charge in [-0.05, 0) is 60.7 Å². The third-order valence-electron chi connectivity index (χ3n) is 6.24. The molecule has 0 bridgehead atoms. The molecule has 10 nitrogen and oxygen atoms in total. The van der Waals surface area contributed by atoms with Crippen molar-refractivity contribution in [1.82, 2.24) is 9.97 Å². The topological polar surface area (TPSA) is 121 Å². The summed E-state index contributed by atoms with van der Waals surface area (Å²) in [7, 11) is 0. The number of nitrogens with one attached hydrogen (secondary N) is 2. The minimum atomic E-state index is -0.394. The summed E-state index contributed by atoms with van der Waals surface area (Å²) in [4.78, 5) is 35.8. The third kappa shape index (κ3) is 3.84. The van der Waals surface area contributed by atoms with Crippen molar-refractivity contribution in [3.63, 3.8) is 0 Å². The molecule has 186 valence electrons. The van der Waals surface area contributed by atoms with E-state index in [0.29, 0.717) is 67.6 Å². The van der Waals surface area contributed by atoms with E-state index in [-0.39, 0.29) is 13.6 Å². The van der Waals surface area contributed by atoms with Crippen molar-refractivity contribution in [1.29, 1.82) is 0 Å². The van der Waals surface area contributed by atoms with Crippen molar-refractivity contribution < 1.29 is 28.5 Å². The molecule has 4 aromatic carbocycles. The largest absolute Gasteiger partial charge is 0.454 e. The van der Waals surface area contributed by atoms with E-state index in [0.717, 1.165) is 0 Å². The van der Waals surface area contributed by atoms with Crippen LogP contribution < -0.4 is 29.6 Å². The average molecular weight is 506 g/mol. The zero-order chi connectivity index (χ0) is 25.6. The third-order valence-corrected chi connectivity index (χ3v) is 6.24. The van der Waals surface area contributed by atoms with Gasteiger partial charge in [0.05, 0.1) is 33.4 Å². The van der Waals surface area contributed by atoms with Crippen LogP contribution in [0.25, 0.3) is 22.1 Å². The first kappa shape index (κ1) is 21.9. The van der Waals surface area contributed by atoms with E-state index in [1.165, 1.54) is 0 Å². The molecule has 0 unspecified atom stereocenters. The zero-order valence-electron chi connectivity index (χ0n) is 19.7. The minimum absolute atomic E-state index is 0.105. The van der Waals surface area contributed by atoms with Gasteiger partial charge in [-0.1, -0.05) is 12.1 Å². The lowest BCUT2D eigenvalue weighted by atomic mass is 10.1. The lowest BCUT2D eigenvalue weighted by Gasteiger charge is -2.14. The molecule has 2 amide bonds. The Bertz CT molecular complexity index is 1660. The van der Waals surface area contributed by atoms with Crippen LogP contribution in [0.3, 0.4) is 0 Å². The highest BCUT2D eigenvalue weighted by molar-refractivity contribution is 6.12. The number of anilines is 2. The molecule has 10 heteroatoms. The van der Waals surface area contributed by atoms with Crippen molar-refractivity contribution in [2.24, 2.45) is 0 Å². The Morgan fingerprint density at radius 2 is 1.00 bits per heavy atom. The van der Waals surface area contributed by atoms with Crippen LogP contribution in [0.4, 0.5) is 11.4 Å². The fourth-order valence-electron chi connectivity index (χ4n) is 4.34. The minimum Gasteiger partial charge on any atom is -0.454 e. The van der Waals surface area contributed by atoms with Gasteiger partial charge >= 0.3 is 0 Å². The highest BCUT2D eigenvalue weighted by Gasteiger charge is 2.20. The number of fused-ring (bicyclic) bond motifs is 4. The summed E-state index contributed by atoms with van der Waals surface area (Å²) >= 11 is 0. The maximum Gasteiger partial charge on any atom is 0.255 e. The monoisotopic (exact) mass is 506 g/mol. The fraction of sp³-hybridized carbons (Fsp3) is 0.0714. The second-order valence-electron chi connectivity index (χ2n) is 8.64. The second kappa shape index (κ2) is 8.63. The van der Waals surface area contributed by atoms with Crippen LogP contribution in [-0.4, -0.2) is 35.4 Å². The second-order valence-corrected chi connectivity index (χ2v) is 8.64. The molecule has 5 aromatic rings. The number of carbonyl (C=O) groups is 2. The molecule has 0 saturated heterocycles. The molecule has 2 N–H and O–H groups in total. The molecule has 0 fully saturated rings. The van der Waals surface area contributed by atoms with Gasteiger partial charge in [-0.2, -0.15) is 0 Å². The first-order valence-electron chi connectivity index (χ1n) is 11.7. The Balaban J connectivity index is 1.27.